The number of nitrogens with two attached hydrogens (primary N) is 1. The smallest absolute Gasteiger partial charge is 0.146 e. The summed E-state index contributed by atoms with van der Waals surface area (Å²) >= 11 is 0. The van der Waals surface area contributed by atoms with Gasteiger partial charge in [0.25, 0.3) is 0 Å². The molecule has 0 aliphatic rings. The highest BCUT2D eigenvalue weighted by Gasteiger charge is 2.06. The summed E-state index contributed by atoms with van der Waals surface area (Å²) in [6, 6.07) is 9.43. The van der Waals surface area contributed by atoms with Crippen LogP contribution in [0.4, 0.5) is 11.5 Å². The average Bonchev–Trinajstić information content (AvgIpc) is 2.46. The molecule has 2 rings (SSSR count). The molecule has 0 radical (unpaired) electrons. The van der Waals surface area contributed by atoms with Gasteiger partial charge in [0.1, 0.15) is 17.3 Å². The third kappa shape index (κ3) is 3.07. The molecule has 0 unspecified atom stereocenters. The van der Waals surface area contributed by atoms with E-state index in [2.05, 4.69) is 10.3 Å². The van der Waals surface area contributed by atoms with Gasteiger partial charge in [0.15, 0.2) is 0 Å². The van der Waals surface area contributed by atoms with Crippen molar-refractivity contribution >= 4 is 11.5 Å². The number of hydrogen-bond acceptors (Lipinski definition) is 5. The Morgan fingerprint density at radius 3 is 2.74 bits per heavy atom. The Labute approximate surface area is 112 Å². The molecular formula is C14H17N3O2. The van der Waals surface area contributed by atoms with Crippen molar-refractivity contribution in [1.82, 2.24) is 4.98 Å². The maximum Gasteiger partial charge on any atom is 0.146 e. The molecule has 1 heterocycles. The third-order valence-electron chi connectivity index (χ3n) is 2.80. The fourth-order valence-electron chi connectivity index (χ4n) is 1.76. The van der Waals surface area contributed by atoms with Gasteiger partial charge in [-0.3, -0.25) is 0 Å². The van der Waals surface area contributed by atoms with Gasteiger partial charge in [0.2, 0.25) is 0 Å². The van der Waals surface area contributed by atoms with Crippen LogP contribution in [0, 0.1) is 0 Å². The molecule has 0 aliphatic carbocycles. The largest absolute Gasteiger partial charge is 0.497 e. The third-order valence-corrected chi connectivity index (χ3v) is 2.80. The summed E-state index contributed by atoms with van der Waals surface area (Å²) in [5.74, 6) is 2.02. The molecule has 5 heteroatoms. The summed E-state index contributed by atoms with van der Waals surface area (Å²) in [6.07, 6.45) is 1.66. The lowest BCUT2D eigenvalue weighted by Crippen LogP contribution is -2.05. The Kier molecular flexibility index (Phi) is 4.07. The Hall–Kier alpha value is -2.43. The summed E-state index contributed by atoms with van der Waals surface area (Å²) in [7, 11) is 3.26. The molecule has 3 N–H and O–H groups in total. The van der Waals surface area contributed by atoms with Crippen molar-refractivity contribution in [3.8, 4) is 11.5 Å². The second-order valence-electron chi connectivity index (χ2n) is 3.97. The number of hydrogen-bond donors (Lipinski definition) is 2. The van der Waals surface area contributed by atoms with Crippen molar-refractivity contribution in [3.63, 3.8) is 0 Å². The standard InChI is InChI=1S/C14H17N3O2/c1-18-11-6-5-10(13(8-11)19-2)9-17-12-4-3-7-16-14(12)15/h3-8,17H,9H2,1-2H3,(H2,15,16). The van der Waals surface area contributed by atoms with Crippen LogP contribution in [0.2, 0.25) is 0 Å². The van der Waals surface area contributed by atoms with Crippen LogP contribution in [0.25, 0.3) is 0 Å². The first-order valence-corrected chi connectivity index (χ1v) is 5.90. The highest BCUT2D eigenvalue weighted by Crippen LogP contribution is 2.25. The number of methoxy groups -OCH3 is 2. The van der Waals surface area contributed by atoms with E-state index in [-0.39, 0.29) is 0 Å². The van der Waals surface area contributed by atoms with E-state index < -0.39 is 0 Å². The first kappa shape index (κ1) is 13.0. The van der Waals surface area contributed by atoms with E-state index in [1.165, 1.54) is 0 Å². The van der Waals surface area contributed by atoms with Crippen LogP contribution in [0.15, 0.2) is 36.5 Å². The van der Waals surface area contributed by atoms with Crippen molar-refractivity contribution in [2.75, 3.05) is 25.3 Å². The first-order valence-electron chi connectivity index (χ1n) is 5.90. The van der Waals surface area contributed by atoms with Crippen molar-refractivity contribution in [2.45, 2.75) is 6.54 Å². The van der Waals surface area contributed by atoms with Crippen molar-refractivity contribution in [2.24, 2.45) is 0 Å². The van der Waals surface area contributed by atoms with Crippen LogP contribution in [0.1, 0.15) is 5.56 Å². The van der Waals surface area contributed by atoms with Crippen LogP contribution in [-0.2, 0) is 6.54 Å². The van der Waals surface area contributed by atoms with Gasteiger partial charge in [-0.1, -0.05) is 0 Å². The number of benzene rings is 1. The maximum atomic E-state index is 5.78. The quantitative estimate of drug-likeness (QED) is 0.862. The summed E-state index contributed by atoms with van der Waals surface area (Å²) in [4.78, 5) is 4.03. The maximum absolute atomic E-state index is 5.78. The molecule has 0 bridgehead atoms. The molecule has 0 spiro atoms. The van der Waals surface area contributed by atoms with Gasteiger partial charge in [-0.05, 0) is 24.3 Å². The summed E-state index contributed by atoms with van der Waals surface area (Å²) < 4.78 is 10.5. The number of nitrogens with one attached hydrogen (secondary N) is 1. The molecule has 19 heavy (non-hydrogen) atoms. The second kappa shape index (κ2) is 5.95. The Balaban J connectivity index is 2.13. The fourth-order valence-corrected chi connectivity index (χ4v) is 1.76. The summed E-state index contributed by atoms with van der Waals surface area (Å²) in [5, 5.41) is 3.23. The second-order valence-corrected chi connectivity index (χ2v) is 3.97. The van der Waals surface area contributed by atoms with Crippen LogP contribution in [0.3, 0.4) is 0 Å². The van der Waals surface area contributed by atoms with Gasteiger partial charge in [0, 0.05) is 24.4 Å². The van der Waals surface area contributed by atoms with Gasteiger partial charge in [0.05, 0.1) is 19.9 Å². The minimum absolute atomic E-state index is 0.481. The Morgan fingerprint density at radius 1 is 1.21 bits per heavy atom. The van der Waals surface area contributed by atoms with E-state index in [0.29, 0.717) is 12.4 Å². The van der Waals surface area contributed by atoms with Crippen molar-refractivity contribution in [1.29, 1.82) is 0 Å². The number of nitrogen functional groups attached to an aromatic ring is 1. The normalized spacial score (nSPS) is 10.0. The van der Waals surface area contributed by atoms with Crippen molar-refractivity contribution < 1.29 is 9.47 Å². The highest BCUT2D eigenvalue weighted by atomic mass is 16.5. The average molecular weight is 259 g/mol. The van der Waals surface area contributed by atoms with Gasteiger partial charge < -0.3 is 20.5 Å². The monoisotopic (exact) mass is 259 g/mol. The van der Waals surface area contributed by atoms with E-state index in [1.54, 1.807) is 20.4 Å². The molecule has 0 saturated carbocycles. The number of aromatic nitrogens is 1. The first-order chi connectivity index (χ1) is 9.24. The SMILES string of the molecule is COc1ccc(CNc2cccnc2N)c(OC)c1. The number of pyridine rings is 1. The van der Waals surface area contributed by atoms with E-state index in [0.717, 1.165) is 22.7 Å². The minimum Gasteiger partial charge on any atom is -0.497 e. The van der Waals surface area contributed by atoms with E-state index in [9.17, 15) is 0 Å². The van der Waals surface area contributed by atoms with Gasteiger partial charge in [-0.2, -0.15) is 0 Å². The molecule has 2 aromatic rings. The lowest BCUT2D eigenvalue weighted by molar-refractivity contribution is 0.391. The topological polar surface area (TPSA) is 69.4 Å². The number of nitrogens with zero attached hydrogens (tertiary/aromatic N) is 1. The van der Waals surface area contributed by atoms with Crippen LogP contribution in [-0.4, -0.2) is 19.2 Å². The highest BCUT2D eigenvalue weighted by molar-refractivity contribution is 5.61. The summed E-state index contributed by atoms with van der Waals surface area (Å²) in [5.41, 5.74) is 7.60. The van der Waals surface area contributed by atoms with Gasteiger partial charge >= 0.3 is 0 Å². The molecule has 1 aromatic carbocycles. The van der Waals surface area contributed by atoms with Crippen LogP contribution in [0.5, 0.6) is 11.5 Å². The number of rotatable bonds is 5. The molecule has 0 aliphatic heterocycles. The predicted octanol–water partition coefficient (Wildman–Crippen LogP) is 2.29. The van der Waals surface area contributed by atoms with E-state index in [4.69, 9.17) is 15.2 Å². The van der Waals surface area contributed by atoms with E-state index in [1.807, 2.05) is 30.3 Å². The zero-order valence-electron chi connectivity index (χ0n) is 11.0. The van der Waals surface area contributed by atoms with Crippen LogP contribution < -0.4 is 20.5 Å². The zero-order valence-corrected chi connectivity index (χ0v) is 11.0. The molecule has 1 aromatic heterocycles. The van der Waals surface area contributed by atoms with Gasteiger partial charge in [-0.25, -0.2) is 4.98 Å². The van der Waals surface area contributed by atoms with Crippen LogP contribution >= 0.6 is 0 Å². The zero-order chi connectivity index (χ0) is 13.7. The number of anilines is 2. The molecule has 100 valence electrons. The molecule has 0 saturated heterocycles. The van der Waals surface area contributed by atoms with E-state index >= 15 is 0 Å². The number of ether oxygens (including phenoxy) is 2. The minimum atomic E-state index is 0.481. The summed E-state index contributed by atoms with van der Waals surface area (Å²) in [6.45, 7) is 0.600. The predicted molar refractivity (Wildman–Crippen MR) is 75.5 cm³/mol. The van der Waals surface area contributed by atoms with Crippen molar-refractivity contribution in [3.05, 3.63) is 42.1 Å². The molecule has 5 nitrogen and oxygen atoms in total. The Morgan fingerprint density at radius 2 is 2.05 bits per heavy atom. The Bertz CT molecular complexity index is 558. The molecular weight excluding hydrogens is 242 g/mol. The molecule has 0 fully saturated rings. The molecule has 0 atom stereocenters. The molecule has 0 amide bonds. The lowest BCUT2D eigenvalue weighted by Gasteiger charge is -2.12. The van der Waals surface area contributed by atoms with Gasteiger partial charge in [-0.15, -0.1) is 0 Å². The lowest BCUT2D eigenvalue weighted by atomic mass is 10.2. The fraction of sp³-hybridized carbons (Fsp3) is 0.214.